The molecule has 0 aliphatic carbocycles. The maximum atomic E-state index is 12.7. The van der Waals surface area contributed by atoms with Gasteiger partial charge in [-0.15, -0.1) is 0 Å². The predicted molar refractivity (Wildman–Crippen MR) is 105 cm³/mol. The summed E-state index contributed by atoms with van der Waals surface area (Å²) in [5, 5.41) is 5.09. The number of amides is 3. The largest absolute Gasteiger partial charge is 0.416 e. The Bertz CT molecular complexity index is 867. The van der Waals surface area contributed by atoms with Gasteiger partial charge in [-0.3, -0.25) is 0 Å². The number of benzene rings is 2. The Morgan fingerprint density at radius 1 is 1.03 bits per heavy atom. The van der Waals surface area contributed by atoms with Crippen molar-refractivity contribution in [3.8, 4) is 5.75 Å². The highest BCUT2D eigenvalue weighted by molar-refractivity contribution is 5.89. The molecule has 1 saturated heterocycles. The van der Waals surface area contributed by atoms with Gasteiger partial charge in [-0.2, -0.15) is 13.2 Å². The van der Waals surface area contributed by atoms with E-state index in [1.165, 1.54) is 12.1 Å². The van der Waals surface area contributed by atoms with E-state index in [9.17, 15) is 22.8 Å². The Labute approximate surface area is 172 Å². The molecule has 160 valence electrons. The van der Waals surface area contributed by atoms with Crippen molar-refractivity contribution in [3.63, 3.8) is 0 Å². The monoisotopic (exact) mass is 421 g/mol. The summed E-state index contributed by atoms with van der Waals surface area (Å²) in [6, 6.07) is 12.7. The van der Waals surface area contributed by atoms with E-state index < -0.39 is 23.9 Å². The second-order valence-electron chi connectivity index (χ2n) is 7.03. The van der Waals surface area contributed by atoms with Crippen LogP contribution in [0.15, 0.2) is 54.6 Å². The van der Waals surface area contributed by atoms with Crippen LogP contribution < -0.4 is 15.4 Å². The summed E-state index contributed by atoms with van der Waals surface area (Å²) in [7, 11) is 0. The van der Waals surface area contributed by atoms with Gasteiger partial charge in [0.1, 0.15) is 5.75 Å². The lowest BCUT2D eigenvalue weighted by Gasteiger charge is -2.31. The summed E-state index contributed by atoms with van der Waals surface area (Å²) in [5.74, 6) is 0.649. The van der Waals surface area contributed by atoms with Gasteiger partial charge in [0.05, 0.1) is 5.56 Å². The summed E-state index contributed by atoms with van der Waals surface area (Å²) >= 11 is 0. The van der Waals surface area contributed by atoms with Crippen molar-refractivity contribution in [2.24, 2.45) is 5.92 Å². The summed E-state index contributed by atoms with van der Waals surface area (Å²) < 4.78 is 43.5. The van der Waals surface area contributed by atoms with Gasteiger partial charge in [0.25, 0.3) is 0 Å². The van der Waals surface area contributed by atoms with E-state index in [0.29, 0.717) is 38.2 Å². The minimum atomic E-state index is -4.47. The quantitative estimate of drug-likeness (QED) is 0.749. The molecule has 2 aromatic rings. The normalized spacial score (nSPS) is 14.8. The average Bonchev–Trinajstić information content (AvgIpc) is 2.73. The van der Waals surface area contributed by atoms with Crippen LogP contribution in [0.4, 0.5) is 28.4 Å². The second-order valence-corrected chi connectivity index (χ2v) is 7.03. The van der Waals surface area contributed by atoms with Crippen molar-refractivity contribution < 1.29 is 27.5 Å². The first-order chi connectivity index (χ1) is 14.3. The van der Waals surface area contributed by atoms with Crippen molar-refractivity contribution in [1.29, 1.82) is 0 Å². The molecule has 6 nitrogen and oxygen atoms in total. The van der Waals surface area contributed by atoms with Crippen LogP contribution in [0.1, 0.15) is 18.4 Å². The molecule has 0 bridgehead atoms. The molecule has 0 unspecified atom stereocenters. The number of piperidine rings is 1. The van der Waals surface area contributed by atoms with E-state index >= 15 is 0 Å². The molecule has 0 atom stereocenters. The zero-order chi connectivity index (χ0) is 21.6. The number of anilines is 1. The predicted octanol–water partition coefficient (Wildman–Crippen LogP) is 4.74. The highest BCUT2D eigenvalue weighted by atomic mass is 19.4. The van der Waals surface area contributed by atoms with Crippen molar-refractivity contribution in [2.45, 2.75) is 19.0 Å². The number of rotatable bonds is 4. The van der Waals surface area contributed by atoms with Gasteiger partial charge in [-0.1, -0.05) is 24.3 Å². The Balaban J connectivity index is 1.40. The van der Waals surface area contributed by atoms with Crippen molar-refractivity contribution in [2.75, 3.05) is 25.0 Å². The highest BCUT2D eigenvalue weighted by Gasteiger charge is 2.30. The van der Waals surface area contributed by atoms with Gasteiger partial charge in [-0.25, -0.2) is 9.59 Å². The number of likely N-dealkylation sites (tertiary alicyclic amines) is 1. The number of nitrogens with zero attached hydrogens (tertiary/aromatic N) is 1. The number of para-hydroxylation sites is 1. The molecule has 1 fully saturated rings. The van der Waals surface area contributed by atoms with Crippen LogP contribution in [0.25, 0.3) is 0 Å². The lowest BCUT2D eigenvalue weighted by atomic mass is 9.97. The van der Waals surface area contributed by atoms with E-state index in [1.807, 2.05) is 6.07 Å². The van der Waals surface area contributed by atoms with E-state index in [1.54, 1.807) is 29.2 Å². The Morgan fingerprint density at radius 3 is 2.40 bits per heavy atom. The first-order valence-electron chi connectivity index (χ1n) is 9.55. The van der Waals surface area contributed by atoms with Crippen molar-refractivity contribution in [3.05, 3.63) is 60.2 Å². The molecule has 1 aliphatic heterocycles. The van der Waals surface area contributed by atoms with Crippen LogP contribution in [0.2, 0.25) is 0 Å². The van der Waals surface area contributed by atoms with Crippen LogP contribution in [0.3, 0.4) is 0 Å². The third-order valence-corrected chi connectivity index (χ3v) is 4.82. The first kappa shape index (κ1) is 21.5. The minimum Gasteiger partial charge on any atom is -0.410 e. The third-order valence-electron chi connectivity index (χ3n) is 4.82. The SMILES string of the molecule is O=C(NCC1CCN(C(=O)Oc2ccccc2)CC1)Nc1cccc(C(F)(F)F)c1. The molecule has 2 N–H and O–H groups in total. The maximum Gasteiger partial charge on any atom is 0.416 e. The fraction of sp³-hybridized carbons (Fsp3) is 0.333. The molecule has 1 aliphatic rings. The van der Waals surface area contributed by atoms with Gasteiger partial charge in [0.15, 0.2) is 0 Å². The van der Waals surface area contributed by atoms with Gasteiger partial charge in [0, 0.05) is 25.3 Å². The highest BCUT2D eigenvalue weighted by Crippen LogP contribution is 2.30. The van der Waals surface area contributed by atoms with Gasteiger partial charge >= 0.3 is 18.3 Å². The Hall–Kier alpha value is -3.23. The molecule has 0 saturated carbocycles. The standard InChI is InChI=1S/C21H22F3N3O3/c22-21(23,24)16-5-4-6-17(13-16)26-19(28)25-14-15-9-11-27(12-10-15)20(29)30-18-7-2-1-3-8-18/h1-8,13,15H,9-12,14H2,(H2,25,26,28). The summed E-state index contributed by atoms with van der Waals surface area (Å²) in [6.07, 6.45) is -3.50. The van der Waals surface area contributed by atoms with E-state index in [2.05, 4.69) is 10.6 Å². The van der Waals surface area contributed by atoms with E-state index in [4.69, 9.17) is 4.74 Å². The number of hydrogen-bond acceptors (Lipinski definition) is 3. The number of carbonyl (C=O) groups is 2. The molecular weight excluding hydrogens is 399 g/mol. The molecule has 9 heteroatoms. The number of urea groups is 1. The van der Waals surface area contributed by atoms with Crippen LogP contribution in [-0.4, -0.2) is 36.7 Å². The fourth-order valence-corrected chi connectivity index (χ4v) is 3.16. The second kappa shape index (κ2) is 9.51. The number of halogens is 3. The number of nitrogens with one attached hydrogen (secondary N) is 2. The molecule has 2 aromatic carbocycles. The number of carbonyl (C=O) groups excluding carboxylic acids is 2. The molecule has 30 heavy (non-hydrogen) atoms. The minimum absolute atomic E-state index is 0.0702. The van der Waals surface area contributed by atoms with Crippen LogP contribution in [0.5, 0.6) is 5.75 Å². The van der Waals surface area contributed by atoms with Crippen molar-refractivity contribution in [1.82, 2.24) is 10.2 Å². The van der Waals surface area contributed by atoms with E-state index in [0.717, 1.165) is 12.1 Å². The summed E-state index contributed by atoms with van der Waals surface area (Å²) in [6.45, 7) is 1.38. The zero-order valence-electron chi connectivity index (χ0n) is 16.1. The first-order valence-corrected chi connectivity index (χ1v) is 9.55. The maximum absolute atomic E-state index is 12.7. The zero-order valence-corrected chi connectivity index (χ0v) is 16.1. The topological polar surface area (TPSA) is 70.7 Å². The molecule has 0 aromatic heterocycles. The van der Waals surface area contributed by atoms with Crippen LogP contribution in [-0.2, 0) is 6.18 Å². The smallest absolute Gasteiger partial charge is 0.410 e. The average molecular weight is 421 g/mol. The molecule has 3 rings (SSSR count). The lowest BCUT2D eigenvalue weighted by Crippen LogP contribution is -2.43. The molecule has 0 radical (unpaired) electrons. The Kier molecular flexibility index (Phi) is 6.81. The van der Waals surface area contributed by atoms with Crippen LogP contribution >= 0.6 is 0 Å². The molecule has 0 spiro atoms. The number of ether oxygens (including phenoxy) is 1. The summed E-state index contributed by atoms with van der Waals surface area (Å²) in [4.78, 5) is 25.8. The van der Waals surface area contributed by atoms with Crippen LogP contribution in [0, 0.1) is 5.92 Å². The third kappa shape index (κ3) is 6.13. The molecule has 1 heterocycles. The number of hydrogen-bond donors (Lipinski definition) is 2. The van der Waals surface area contributed by atoms with Gasteiger partial charge in [-0.05, 0) is 49.1 Å². The fourth-order valence-electron chi connectivity index (χ4n) is 3.16. The van der Waals surface area contributed by atoms with Gasteiger partial charge in [0.2, 0.25) is 0 Å². The summed E-state index contributed by atoms with van der Waals surface area (Å²) in [5.41, 5.74) is -0.754. The Morgan fingerprint density at radius 2 is 1.73 bits per heavy atom. The van der Waals surface area contributed by atoms with Gasteiger partial charge < -0.3 is 20.3 Å². The lowest BCUT2D eigenvalue weighted by molar-refractivity contribution is -0.137. The van der Waals surface area contributed by atoms with Crippen molar-refractivity contribution >= 4 is 17.8 Å². The van der Waals surface area contributed by atoms with E-state index in [-0.39, 0.29) is 11.6 Å². The molecular formula is C21H22F3N3O3. The number of alkyl halides is 3. The molecule has 3 amide bonds.